The average molecular weight is 365 g/mol. The molecule has 1 aromatic carbocycles. The van der Waals surface area contributed by atoms with E-state index in [2.05, 4.69) is 15.3 Å². The Hall–Kier alpha value is -2.94. The second kappa shape index (κ2) is 6.52. The Labute approximate surface area is 143 Å². The largest absolute Gasteiger partial charge is 0.478 e. The van der Waals surface area contributed by atoms with Crippen LogP contribution in [-0.4, -0.2) is 21.0 Å². The highest BCUT2D eigenvalue weighted by Gasteiger charge is 2.35. The topological polar surface area (TPSA) is 75.1 Å². The Morgan fingerprint density at radius 2 is 2.04 bits per heavy atom. The molecule has 0 radical (unpaired) electrons. The number of carboxylic acids is 1. The number of nitrogens with zero attached hydrogens (tertiary/aromatic N) is 2. The van der Waals surface area contributed by atoms with E-state index in [9.17, 15) is 18.0 Å². The summed E-state index contributed by atoms with van der Waals surface area (Å²) in [6.45, 7) is 0. The van der Waals surface area contributed by atoms with Gasteiger partial charge >= 0.3 is 12.1 Å². The van der Waals surface area contributed by atoms with Gasteiger partial charge in [-0.1, -0.05) is 0 Å². The second-order valence-corrected chi connectivity index (χ2v) is 5.83. The minimum absolute atomic E-state index is 0.101. The number of anilines is 2. The number of carboxylic acid groups (broad SMARTS) is 1. The van der Waals surface area contributed by atoms with Crippen molar-refractivity contribution in [2.75, 3.05) is 5.32 Å². The molecule has 0 unspecified atom stereocenters. The molecule has 0 saturated heterocycles. The average Bonchev–Trinajstić information content (AvgIpc) is 3.03. The number of aromatic nitrogens is 2. The lowest BCUT2D eigenvalue weighted by Gasteiger charge is -2.12. The van der Waals surface area contributed by atoms with Crippen LogP contribution in [0.25, 0.3) is 11.3 Å². The van der Waals surface area contributed by atoms with Gasteiger partial charge in [-0.15, -0.1) is 11.3 Å². The lowest BCUT2D eigenvalue weighted by atomic mass is 10.1. The van der Waals surface area contributed by atoms with Crippen LogP contribution in [0.4, 0.5) is 24.0 Å². The smallest absolute Gasteiger partial charge is 0.417 e. The molecule has 2 N–H and O–H groups in total. The van der Waals surface area contributed by atoms with Crippen LogP contribution in [0.15, 0.2) is 48.1 Å². The minimum atomic E-state index is -4.77. The number of hydrogen-bond acceptors (Lipinski definition) is 5. The summed E-state index contributed by atoms with van der Waals surface area (Å²) in [6, 6.07) is 6.51. The van der Waals surface area contributed by atoms with Gasteiger partial charge in [0.05, 0.1) is 16.8 Å². The summed E-state index contributed by atoms with van der Waals surface area (Å²) in [5.41, 5.74) is -0.491. The predicted molar refractivity (Wildman–Crippen MR) is 87.0 cm³/mol. The van der Waals surface area contributed by atoms with Gasteiger partial charge in [0.25, 0.3) is 0 Å². The molecule has 3 rings (SSSR count). The summed E-state index contributed by atoms with van der Waals surface area (Å²) in [5, 5.41) is 13.8. The molecule has 25 heavy (non-hydrogen) atoms. The number of thiazole rings is 1. The van der Waals surface area contributed by atoms with Crippen molar-refractivity contribution in [2.45, 2.75) is 6.18 Å². The van der Waals surface area contributed by atoms with Gasteiger partial charge in [0.2, 0.25) is 0 Å². The molecule has 5 nitrogen and oxygen atoms in total. The van der Waals surface area contributed by atoms with Crippen molar-refractivity contribution in [3.05, 3.63) is 59.2 Å². The van der Waals surface area contributed by atoms with E-state index in [0.29, 0.717) is 10.8 Å². The van der Waals surface area contributed by atoms with E-state index < -0.39 is 23.3 Å². The molecule has 128 valence electrons. The number of nitrogens with one attached hydrogen (secondary N) is 1. The molecule has 0 atom stereocenters. The van der Waals surface area contributed by atoms with Gasteiger partial charge in [-0.3, -0.25) is 4.98 Å². The first-order chi connectivity index (χ1) is 11.8. The number of aromatic carboxylic acids is 1. The summed E-state index contributed by atoms with van der Waals surface area (Å²) in [5.74, 6) is -1.63. The number of halogens is 3. The minimum Gasteiger partial charge on any atom is -0.478 e. The van der Waals surface area contributed by atoms with Crippen LogP contribution in [0.2, 0.25) is 0 Å². The fourth-order valence-electron chi connectivity index (χ4n) is 2.14. The number of carbonyl (C=O) groups is 1. The van der Waals surface area contributed by atoms with Gasteiger partial charge in [-0.2, -0.15) is 13.2 Å². The van der Waals surface area contributed by atoms with E-state index in [-0.39, 0.29) is 5.69 Å². The van der Waals surface area contributed by atoms with Gasteiger partial charge in [0.1, 0.15) is 0 Å². The highest BCUT2D eigenvalue weighted by atomic mass is 32.1. The Bertz CT molecular complexity index is 910. The van der Waals surface area contributed by atoms with Crippen LogP contribution in [0.1, 0.15) is 15.9 Å². The monoisotopic (exact) mass is 365 g/mol. The van der Waals surface area contributed by atoms with Crippen molar-refractivity contribution in [2.24, 2.45) is 0 Å². The van der Waals surface area contributed by atoms with E-state index in [1.54, 1.807) is 23.8 Å². The SMILES string of the molecule is O=C(O)c1ccc(Nc2nc(-c3cccnc3)cs2)cc1C(F)(F)F. The Morgan fingerprint density at radius 1 is 1.24 bits per heavy atom. The Balaban J connectivity index is 1.89. The molecule has 0 amide bonds. The van der Waals surface area contributed by atoms with Crippen LogP contribution >= 0.6 is 11.3 Å². The van der Waals surface area contributed by atoms with Crippen LogP contribution in [0, 0.1) is 0 Å². The van der Waals surface area contributed by atoms with Crippen molar-refractivity contribution in [1.82, 2.24) is 9.97 Å². The van der Waals surface area contributed by atoms with Crippen molar-refractivity contribution in [3.8, 4) is 11.3 Å². The summed E-state index contributed by atoms with van der Waals surface area (Å²) in [4.78, 5) is 19.2. The molecule has 0 aliphatic rings. The Kier molecular flexibility index (Phi) is 4.41. The summed E-state index contributed by atoms with van der Waals surface area (Å²) in [7, 11) is 0. The zero-order chi connectivity index (χ0) is 18.0. The maximum absolute atomic E-state index is 13.0. The molecule has 2 heterocycles. The van der Waals surface area contributed by atoms with Gasteiger partial charge in [-0.25, -0.2) is 9.78 Å². The lowest BCUT2D eigenvalue weighted by molar-refractivity contribution is -0.138. The maximum atomic E-state index is 13.0. The zero-order valence-corrected chi connectivity index (χ0v) is 13.2. The third-order valence-electron chi connectivity index (χ3n) is 3.27. The highest BCUT2D eigenvalue weighted by Crippen LogP contribution is 2.35. The first-order valence-corrected chi connectivity index (χ1v) is 7.80. The molecule has 3 aromatic rings. The van der Waals surface area contributed by atoms with Crippen LogP contribution in [0.5, 0.6) is 0 Å². The number of benzene rings is 1. The second-order valence-electron chi connectivity index (χ2n) is 4.97. The number of alkyl halides is 3. The van der Waals surface area contributed by atoms with Gasteiger partial charge in [0, 0.05) is 29.0 Å². The summed E-state index contributed by atoms with van der Waals surface area (Å²) in [6.07, 6.45) is -1.52. The third-order valence-corrected chi connectivity index (χ3v) is 4.03. The van der Waals surface area contributed by atoms with Crippen molar-refractivity contribution in [1.29, 1.82) is 0 Å². The predicted octanol–water partition coefficient (Wildman–Crippen LogP) is 4.67. The molecule has 0 spiro atoms. The maximum Gasteiger partial charge on any atom is 0.417 e. The van der Waals surface area contributed by atoms with E-state index >= 15 is 0 Å². The molecular weight excluding hydrogens is 355 g/mol. The summed E-state index contributed by atoms with van der Waals surface area (Å²) >= 11 is 1.22. The van der Waals surface area contributed by atoms with Crippen molar-refractivity contribution >= 4 is 28.1 Å². The van der Waals surface area contributed by atoms with E-state index in [1.165, 1.54) is 17.4 Å². The first-order valence-electron chi connectivity index (χ1n) is 6.92. The van der Waals surface area contributed by atoms with Crippen LogP contribution in [-0.2, 0) is 6.18 Å². The van der Waals surface area contributed by atoms with Crippen molar-refractivity contribution < 1.29 is 23.1 Å². The Morgan fingerprint density at radius 3 is 2.68 bits per heavy atom. The molecular formula is C16H10F3N3O2S. The summed E-state index contributed by atoms with van der Waals surface area (Å²) < 4.78 is 39.1. The number of hydrogen-bond donors (Lipinski definition) is 2. The number of rotatable bonds is 4. The van der Waals surface area contributed by atoms with Gasteiger partial charge in [0.15, 0.2) is 5.13 Å². The van der Waals surface area contributed by atoms with Gasteiger partial charge in [-0.05, 0) is 30.3 Å². The third kappa shape index (κ3) is 3.77. The molecule has 0 aliphatic carbocycles. The van der Waals surface area contributed by atoms with Crippen LogP contribution < -0.4 is 5.32 Å². The standard InChI is InChI=1S/C16H10F3N3O2S/c17-16(18,19)12-6-10(3-4-11(12)14(23)24)21-15-22-13(8-25-15)9-2-1-5-20-7-9/h1-8H,(H,21,22)(H,23,24). The molecule has 0 aliphatic heterocycles. The fraction of sp³-hybridized carbons (Fsp3) is 0.0625. The molecule has 0 fully saturated rings. The quantitative estimate of drug-likeness (QED) is 0.703. The van der Waals surface area contributed by atoms with Gasteiger partial charge < -0.3 is 10.4 Å². The molecule has 9 heteroatoms. The molecule has 2 aromatic heterocycles. The van der Waals surface area contributed by atoms with E-state index in [4.69, 9.17) is 5.11 Å². The van der Waals surface area contributed by atoms with Crippen LogP contribution in [0.3, 0.4) is 0 Å². The lowest BCUT2D eigenvalue weighted by Crippen LogP contribution is -2.13. The van der Waals surface area contributed by atoms with E-state index in [0.717, 1.165) is 17.7 Å². The highest BCUT2D eigenvalue weighted by molar-refractivity contribution is 7.14. The zero-order valence-electron chi connectivity index (χ0n) is 12.4. The molecule has 0 saturated carbocycles. The number of pyridine rings is 1. The first kappa shape index (κ1) is 16.9. The normalized spacial score (nSPS) is 11.3. The van der Waals surface area contributed by atoms with Crippen molar-refractivity contribution in [3.63, 3.8) is 0 Å². The molecule has 0 bridgehead atoms. The van der Waals surface area contributed by atoms with E-state index in [1.807, 2.05) is 6.07 Å². The fourth-order valence-corrected chi connectivity index (χ4v) is 2.88.